The van der Waals surface area contributed by atoms with Crippen LogP contribution in [0.25, 0.3) is 0 Å². The zero-order valence-corrected chi connectivity index (χ0v) is 18.5. The molecule has 0 saturated carbocycles. The second-order valence-corrected chi connectivity index (χ2v) is 18.9. The van der Waals surface area contributed by atoms with E-state index in [1.54, 1.807) is 7.11 Å². The lowest BCUT2D eigenvalue weighted by Gasteiger charge is -2.26. The summed E-state index contributed by atoms with van der Waals surface area (Å²) in [6.07, 6.45) is 0. The van der Waals surface area contributed by atoms with Crippen LogP contribution in [0.15, 0.2) is 50.8 Å². The lowest BCUT2D eigenvalue weighted by molar-refractivity contribution is 0.214. The van der Waals surface area contributed by atoms with E-state index in [0.29, 0.717) is 0 Å². The predicted octanol–water partition coefficient (Wildman–Crippen LogP) is 5.16. The van der Waals surface area contributed by atoms with Crippen molar-refractivity contribution >= 4 is 27.5 Å². The van der Waals surface area contributed by atoms with Crippen LogP contribution in [0, 0.1) is 0 Å². The third kappa shape index (κ3) is 3.45. The molecule has 1 heterocycles. The molecule has 3 rings (SSSR count). The molecule has 0 radical (unpaired) electrons. The summed E-state index contributed by atoms with van der Waals surface area (Å²) >= 11 is 0. The van der Waals surface area contributed by atoms with Crippen molar-refractivity contribution in [3.05, 3.63) is 45.8 Å². The smallest absolute Gasteiger partial charge is 0.119 e. The van der Waals surface area contributed by atoms with Crippen molar-refractivity contribution in [1.82, 2.24) is 0 Å². The molecule has 1 fully saturated rings. The fraction of sp³-hybridized carbons (Fsp3) is 0.450. The summed E-state index contributed by atoms with van der Waals surface area (Å²) in [7, 11) is -1.39. The van der Waals surface area contributed by atoms with Gasteiger partial charge in [0, 0.05) is 0 Å². The molecule has 0 N–H and O–H groups in total. The van der Waals surface area contributed by atoms with Crippen LogP contribution in [0.4, 0.5) is 5.69 Å². The number of ether oxygens (including phenoxy) is 2. The zero-order chi connectivity index (χ0) is 18.4. The first-order valence-electron chi connectivity index (χ1n) is 8.92. The van der Waals surface area contributed by atoms with E-state index in [2.05, 4.69) is 51.4 Å². The van der Waals surface area contributed by atoms with Crippen LogP contribution >= 0.6 is 0 Å². The van der Waals surface area contributed by atoms with Crippen molar-refractivity contribution in [2.24, 2.45) is 4.99 Å². The van der Waals surface area contributed by atoms with Gasteiger partial charge in [-0.25, -0.2) is 4.99 Å². The van der Waals surface area contributed by atoms with Gasteiger partial charge in [0.2, 0.25) is 0 Å². The van der Waals surface area contributed by atoms with Gasteiger partial charge in [-0.05, 0) is 45.8 Å². The molecule has 3 nitrogen and oxygen atoms in total. The van der Waals surface area contributed by atoms with E-state index in [0.717, 1.165) is 24.7 Å². The maximum absolute atomic E-state index is 5.85. The molecule has 2 aliphatic rings. The number of fused-ring (bicyclic) bond motifs is 1. The molecule has 134 valence electrons. The lowest BCUT2D eigenvalue weighted by Crippen LogP contribution is -2.35. The van der Waals surface area contributed by atoms with Gasteiger partial charge in [-0.15, -0.1) is 0 Å². The third-order valence-electron chi connectivity index (χ3n) is 4.75. The Bertz CT molecular complexity index is 735. The number of benzene rings is 1. The summed E-state index contributed by atoms with van der Waals surface area (Å²) in [6, 6.07) is 8.08. The summed E-state index contributed by atoms with van der Waals surface area (Å²) < 4.78 is 11.1. The third-order valence-corrected chi connectivity index (χ3v) is 8.82. The van der Waals surface area contributed by atoms with E-state index in [4.69, 9.17) is 14.5 Å². The Kier molecular flexibility index (Phi) is 4.68. The monoisotopic (exact) mass is 371 g/mol. The summed E-state index contributed by atoms with van der Waals surface area (Å²) in [5.41, 5.74) is 5.16. The highest BCUT2D eigenvalue weighted by molar-refractivity contribution is 6.95. The minimum atomic E-state index is -1.54. The average molecular weight is 372 g/mol. The minimum absolute atomic E-state index is 0.755. The topological polar surface area (TPSA) is 30.8 Å². The Morgan fingerprint density at radius 3 is 1.72 bits per heavy atom. The second kappa shape index (κ2) is 6.38. The second-order valence-electron chi connectivity index (χ2n) is 8.86. The molecule has 0 bridgehead atoms. The highest BCUT2D eigenvalue weighted by atomic mass is 28.3. The van der Waals surface area contributed by atoms with Gasteiger partial charge in [0.05, 0.1) is 47.9 Å². The first-order valence-corrected chi connectivity index (χ1v) is 15.9. The van der Waals surface area contributed by atoms with Crippen molar-refractivity contribution < 1.29 is 9.47 Å². The number of nitrogens with zero attached hydrogens (tertiary/aromatic N) is 1. The molecule has 1 saturated heterocycles. The Morgan fingerprint density at radius 2 is 1.32 bits per heavy atom. The van der Waals surface area contributed by atoms with Gasteiger partial charge >= 0.3 is 0 Å². The number of methoxy groups -OCH3 is 1. The van der Waals surface area contributed by atoms with Crippen LogP contribution in [-0.2, 0) is 4.74 Å². The molecule has 0 spiro atoms. The molecular formula is C20H29NO2Si2. The number of aliphatic imine (C=N–C) groups is 1. The SMILES string of the molecule is COc1ccc(N=C2C([Si](C)(C)C)=C3COCC3=C2[Si](C)(C)C)cc1. The number of rotatable bonds is 4. The minimum Gasteiger partial charge on any atom is -0.497 e. The van der Waals surface area contributed by atoms with Crippen LogP contribution in [-0.4, -0.2) is 42.2 Å². The van der Waals surface area contributed by atoms with Crippen molar-refractivity contribution in [2.75, 3.05) is 20.3 Å². The molecular weight excluding hydrogens is 342 g/mol. The number of hydrogen-bond acceptors (Lipinski definition) is 3. The van der Waals surface area contributed by atoms with Crippen molar-refractivity contribution in [2.45, 2.75) is 39.3 Å². The Balaban J connectivity index is 2.19. The van der Waals surface area contributed by atoms with Gasteiger partial charge in [0.25, 0.3) is 0 Å². The Hall–Kier alpha value is -1.44. The van der Waals surface area contributed by atoms with Crippen LogP contribution in [0.2, 0.25) is 39.3 Å². The number of allylic oxidation sites excluding steroid dienone is 2. The van der Waals surface area contributed by atoms with E-state index in [1.807, 2.05) is 12.1 Å². The Labute approximate surface area is 153 Å². The molecule has 5 heteroatoms. The molecule has 25 heavy (non-hydrogen) atoms. The quantitative estimate of drug-likeness (QED) is 0.685. The van der Waals surface area contributed by atoms with E-state index in [-0.39, 0.29) is 0 Å². The molecule has 0 unspecified atom stereocenters. The summed E-state index contributed by atoms with van der Waals surface area (Å²) in [6.45, 7) is 16.0. The van der Waals surface area contributed by atoms with Crippen LogP contribution < -0.4 is 4.74 Å². The fourth-order valence-electron chi connectivity index (χ4n) is 3.80. The zero-order valence-electron chi connectivity index (χ0n) is 16.5. The molecule has 1 aromatic rings. The lowest BCUT2D eigenvalue weighted by atomic mass is 10.2. The average Bonchev–Trinajstić information content (AvgIpc) is 3.05. The maximum atomic E-state index is 5.85. The van der Waals surface area contributed by atoms with Crippen molar-refractivity contribution in [3.8, 4) is 5.75 Å². The van der Waals surface area contributed by atoms with E-state index >= 15 is 0 Å². The molecule has 1 aliphatic heterocycles. The number of hydrogen-bond donors (Lipinski definition) is 0. The maximum Gasteiger partial charge on any atom is 0.119 e. The van der Waals surface area contributed by atoms with Crippen LogP contribution in [0.3, 0.4) is 0 Å². The van der Waals surface area contributed by atoms with Gasteiger partial charge in [-0.3, -0.25) is 0 Å². The van der Waals surface area contributed by atoms with Gasteiger partial charge in [0.1, 0.15) is 5.75 Å². The van der Waals surface area contributed by atoms with Crippen LogP contribution in [0.5, 0.6) is 5.75 Å². The highest BCUT2D eigenvalue weighted by Gasteiger charge is 2.43. The van der Waals surface area contributed by atoms with E-state index in [9.17, 15) is 0 Å². The van der Waals surface area contributed by atoms with Gasteiger partial charge in [-0.1, -0.05) is 39.3 Å². The largest absolute Gasteiger partial charge is 0.497 e. The summed E-state index contributed by atoms with van der Waals surface area (Å²) in [5.74, 6) is 0.869. The molecule has 0 aromatic heterocycles. The van der Waals surface area contributed by atoms with Crippen molar-refractivity contribution in [1.29, 1.82) is 0 Å². The summed E-state index contributed by atoms with van der Waals surface area (Å²) in [5, 5.41) is 3.02. The van der Waals surface area contributed by atoms with E-state index < -0.39 is 16.1 Å². The molecule has 1 aromatic carbocycles. The normalized spacial score (nSPS) is 18.1. The fourth-order valence-corrected chi connectivity index (χ4v) is 7.96. The Morgan fingerprint density at radius 1 is 0.840 bits per heavy atom. The van der Waals surface area contributed by atoms with Gasteiger partial charge in [0.15, 0.2) is 0 Å². The summed E-state index contributed by atoms with van der Waals surface area (Å²) in [4.78, 5) is 5.17. The predicted molar refractivity (Wildman–Crippen MR) is 112 cm³/mol. The standard InChI is InChI=1S/C20H29NO2Si2/c1-22-15-10-8-14(9-11-15)21-18-19(24(2,3)4)16-12-23-13-17(16)20(18)25(5,6)7/h8-11H,12-13H2,1-7H3. The van der Waals surface area contributed by atoms with Gasteiger partial charge in [-0.2, -0.15) is 0 Å². The van der Waals surface area contributed by atoms with Gasteiger partial charge < -0.3 is 9.47 Å². The molecule has 0 amide bonds. The van der Waals surface area contributed by atoms with Crippen molar-refractivity contribution in [3.63, 3.8) is 0 Å². The first-order chi connectivity index (χ1) is 11.6. The van der Waals surface area contributed by atoms with E-state index in [1.165, 1.54) is 27.3 Å². The van der Waals surface area contributed by atoms with Crippen LogP contribution in [0.1, 0.15) is 0 Å². The first kappa shape index (κ1) is 18.4. The molecule has 0 atom stereocenters. The molecule has 1 aliphatic carbocycles. The highest BCUT2D eigenvalue weighted by Crippen LogP contribution is 2.43.